The number of ether oxygens (including phenoxy) is 1. The van der Waals surface area contributed by atoms with Crippen molar-refractivity contribution in [1.29, 1.82) is 0 Å². The molecule has 27 heavy (non-hydrogen) atoms. The molecule has 2 N–H and O–H groups in total. The van der Waals surface area contributed by atoms with E-state index in [9.17, 15) is 9.59 Å². The van der Waals surface area contributed by atoms with Crippen molar-refractivity contribution in [2.75, 3.05) is 30.4 Å². The molecule has 6 nitrogen and oxygen atoms in total. The van der Waals surface area contributed by atoms with Gasteiger partial charge in [-0.3, -0.25) is 15.0 Å². The molecule has 0 spiro atoms. The van der Waals surface area contributed by atoms with Crippen LogP contribution in [0.5, 0.6) is 0 Å². The Kier molecular flexibility index (Phi) is 7.21. The van der Waals surface area contributed by atoms with Gasteiger partial charge < -0.3 is 22.5 Å². The number of rotatable bonds is 4. The molecular weight excluding hydrogens is 366 g/mol. The molecule has 2 aromatic rings. The second-order valence-electron chi connectivity index (χ2n) is 6.08. The summed E-state index contributed by atoms with van der Waals surface area (Å²) < 4.78 is 4.94. The molecule has 2 aromatic carbocycles. The molecule has 0 aliphatic carbocycles. The summed E-state index contributed by atoms with van der Waals surface area (Å²) in [6, 6.07) is 13.6. The van der Waals surface area contributed by atoms with Gasteiger partial charge in [0, 0.05) is 5.69 Å². The van der Waals surface area contributed by atoms with E-state index in [4.69, 9.17) is 4.74 Å². The smallest absolute Gasteiger partial charge is 0.411 e. The van der Waals surface area contributed by atoms with E-state index in [1.165, 1.54) is 0 Å². The first-order chi connectivity index (χ1) is 12.6. The van der Waals surface area contributed by atoms with Gasteiger partial charge in [-0.25, -0.2) is 4.79 Å². The van der Waals surface area contributed by atoms with E-state index in [-0.39, 0.29) is 24.9 Å². The van der Waals surface area contributed by atoms with Crippen molar-refractivity contribution >= 4 is 29.1 Å². The number of nitrogens with zero attached hydrogens (tertiary/aromatic N) is 1. The van der Waals surface area contributed by atoms with Crippen molar-refractivity contribution in [2.45, 2.75) is 19.8 Å². The van der Waals surface area contributed by atoms with Crippen molar-refractivity contribution in [3.8, 4) is 0 Å². The van der Waals surface area contributed by atoms with Crippen LogP contribution in [0.2, 0.25) is 0 Å². The molecule has 0 aromatic heterocycles. The standard InChI is InChI=1S/C20H23N3O3.ClH/c1-3-26-20(25)22-16-11-10-15-9-8-14-6-4-5-7-17(14)23(18(15)12-16)19(24)13-21-2;/h4-7,10-12,21H,3,8-9,13H2,1-2H3,(H,22,25);1H/p-1. The van der Waals surface area contributed by atoms with Crippen molar-refractivity contribution in [2.24, 2.45) is 0 Å². The Bertz CT molecular complexity index is 826. The van der Waals surface area contributed by atoms with E-state index in [0.29, 0.717) is 12.3 Å². The highest BCUT2D eigenvalue weighted by Gasteiger charge is 2.25. The van der Waals surface area contributed by atoms with Gasteiger partial charge >= 0.3 is 6.09 Å². The zero-order chi connectivity index (χ0) is 18.5. The summed E-state index contributed by atoms with van der Waals surface area (Å²) in [7, 11) is 1.75. The summed E-state index contributed by atoms with van der Waals surface area (Å²) in [4.78, 5) is 26.3. The molecular formula is C20H23ClN3O3-. The minimum absolute atomic E-state index is 0. The first-order valence-corrected chi connectivity index (χ1v) is 8.76. The van der Waals surface area contributed by atoms with Gasteiger partial charge in [0.25, 0.3) is 0 Å². The van der Waals surface area contributed by atoms with E-state index >= 15 is 0 Å². The molecule has 2 amide bonds. The van der Waals surface area contributed by atoms with Gasteiger partial charge in [0.15, 0.2) is 0 Å². The number of carbonyl (C=O) groups excluding carboxylic acids is 2. The van der Waals surface area contributed by atoms with Crippen molar-refractivity contribution in [3.05, 3.63) is 53.6 Å². The highest BCUT2D eigenvalue weighted by Crippen LogP contribution is 2.37. The minimum atomic E-state index is -0.505. The minimum Gasteiger partial charge on any atom is -1.00 e. The van der Waals surface area contributed by atoms with Crippen molar-refractivity contribution < 1.29 is 26.7 Å². The van der Waals surface area contributed by atoms with Crippen LogP contribution >= 0.6 is 0 Å². The van der Waals surface area contributed by atoms with E-state index < -0.39 is 6.09 Å². The number of hydrogen-bond acceptors (Lipinski definition) is 4. The molecule has 0 atom stereocenters. The maximum Gasteiger partial charge on any atom is 0.411 e. The number of fused-ring (bicyclic) bond motifs is 2. The number of nitrogens with one attached hydrogen (secondary N) is 2. The maximum atomic E-state index is 12.9. The molecule has 3 rings (SSSR count). The zero-order valence-corrected chi connectivity index (χ0v) is 16.2. The van der Waals surface area contributed by atoms with Crippen LogP contribution in [-0.2, 0) is 22.4 Å². The van der Waals surface area contributed by atoms with E-state index in [1.807, 2.05) is 36.4 Å². The lowest BCUT2D eigenvalue weighted by Crippen LogP contribution is -3.00. The molecule has 0 radical (unpaired) electrons. The van der Waals surface area contributed by atoms with Crippen molar-refractivity contribution in [1.82, 2.24) is 5.32 Å². The normalized spacial score (nSPS) is 12.1. The highest BCUT2D eigenvalue weighted by atomic mass is 35.5. The first-order valence-electron chi connectivity index (χ1n) is 8.76. The van der Waals surface area contributed by atoms with Crippen LogP contribution in [0, 0.1) is 0 Å². The molecule has 0 saturated carbocycles. The molecule has 0 saturated heterocycles. The summed E-state index contributed by atoms with van der Waals surface area (Å²) in [6.07, 6.45) is 1.18. The monoisotopic (exact) mass is 388 g/mol. The third kappa shape index (κ3) is 4.59. The molecule has 0 bridgehead atoms. The maximum absolute atomic E-state index is 12.9. The lowest BCUT2D eigenvalue weighted by molar-refractivity contribution is -0.117. The fourth-order valence-electron chi connectivity index (χ4n) is 3.18. The number of aryl methyl sites for hydroxylation is 2. The Balaban J connectivity index is 0.00000261. The molecule has 144 valence electrons. The van der Waals surface area contributed by atoms with E-state index in [2.05, 4.69) is 16.7 Å². The third-order valence-electron chi connectivity index (χ3n) is 4.32. The molecule has 0 unspecified atom stereocenters. The number of benzene rings is 2. The number of halogens is 1. The number of carbonyl (C=O) groups is 2. The molecule has 0 fully saturated rings. The Labute approximate surface area is 165 Å². The highest BCUT2D eigenvalue weighted by molar-refractivity contribution is 6.04. The number of likely N-dealkylation sites (N-methyl/N-ethyl adjacent to an activating group) is 1. The Hall–Kier alpha value is -2.57. The Morgan fingerprint density at radius 1 is 1.07 bits per heavy atom. The summed E-state index contributed by atoms with van der Waals surface area (Å²) in [6.45, 7) is 2.28. The molecule has 1 heterocycles. The van der Waals surface area contributed by atoms with Crippen LogP contribution in [0.3, 0.4) is 0 Å². The summed E-state index contributed by atoms with van der Waals surface area (Å²) in [5.74, 6) is -0.0450. The fraction of sp³-hybridized carbons (Fsp3) is 0.300. The Morgan fingerprint density at radius 3 is 2.48 bits per heavy atom. The number of anilines is 3. The van der Waals surface area contributed by atoms with Gasteiger partial charge in [0.2, 0.25) is 5.91 Å². The second kappa shape index (κ2) is 9.39. The van der Waals surface area contributed by atoms with E-state index in [0.717, 1.165) is 35.3 Å². The molecule has 1 aliphatic rings. The van der Waals surface area contributed by atoms with Gasteiger partial charge in [0.1, 0.15) is 0 Å². The van der Waals surface area contributed by atoms with Crippen LogP contribution in [-0.4, -0.2) is 32.2 Å². The zero-order valence-electron chi connectivity index (χ0n) is 15.4. The van der Waals surface area contributed by atoms with Crippen LogP contribution < -0.4 is 27.9 Å². The van der Waals surface area contributed by atoms with Gasteiger partial charge in [-0.05, 0) is 56.1 Å². The second-order valence-corrected chi connectivity index (χ2v) is 6.08. The van der Waals surface area contributed by atoms with Gasteiger partial charge in [0.05, 0.1) is 24.5 Å². The van der Waals surface area contributed by atoms with Crippen molar-refractivity contribution in [3.63, 3.8) is 0 Å². The van der Waals surface area contributed by atoms with Gasteiger partial charge in [-0.1, -0.05) is 24.3 Å². The van der Waals surface area contributed by atoms with Crippen LogP contribution in [0.4, 0.5) is 21.9 Å². The topological polar surface area (TPSA) is 70.7 Å². The third-order valence-corrected chi connectivity index (χ3v) is 4.32. The summed E-state index contributed by atoms with van der Waals surface area (Å²) in [5, 5.41) is 5.64. The average molecular weight is 389 g/mol. The average Bonchev–Trinajstić information content (AvgIpc) is 2.78. The molecule has 7 heteroatoms. The predicted molar refractivity (Wildman–Crippen MR) is 102 cm³/mol. The summed E-state index contributed by atoms with van der Waals surface area (Å²) in [5.41, 5.74) is 4.49. The van der Waals surface area contributed by atoms with E-state index in [1.54, 1.807) is 18.9 Å². The number of hydrogen-bond donors (Lipinski definition) is 2. The van der Waals surface area contributed by atoms with Crippen LogP contribution in [0.25, 0.3) is 0 Å². The Morgan fingerprint density at radius 2 is 1.78 bits per heavy atom. The largest absolute Gasteiger partial charge is 1.00 e. The van der Waals surface area contributed by atoms with Crippen LogP contribution in [0.15, 0.2) is 42.5 Å². The SMILES string of the molecule is CCOC(=O)Nc1ccc2c(c1)N(C(=O)CNC)c1ccccc1CC2.[Cl-]. The lowest BCUT2D eigenvalue weighted by Gasteiger charge is -2.25. The summed E-state index contributed by atoms with van der Waals surface area (Å²) >= 11 is 0. The van der Waals surface area contributed by atoms with Gasteiger partial charge in [-0.15, -0.1) is 0 Å². The molecule has 1 aliphatic heterocycles. The van der Waals surface area contributed by atoms with Crippen LogP contribution in [0.1, 0.15) is 18.1 Å². The lowest BCUT2D eigenvalue weighted by atomic mass is 10.0. The fourth-order valence-corrected chi connectivity index (χ4v) is 3.18. The number of para-hydroxylation sites is 1. The number of amides is 2. The quantitative estimate of drug-likeness (QED) is 0.787. The predicted octanol–water partition coefficient (Wildman–Crippen LogP) is 0.242. The first kappa shape index (κ1) is 20.7. The van der Waals surface area contributed by atoms with Gasteiger partial charge in [-0.2, -0.15) is 0 Å².